The third-order valence-corrected chi connectivity index (χ3v) is 6.33. The van der Waals surface area contributed by atoms with Gasteiger partial charge in [-0.05, 0) is 57.8 Å². The highest BCUT2D eigenvalue weighted by Crippen LogP contribution is 2.33. The summed E-state index contributed by atoms with van der Waals surface area (Å²) in [6, 6.07) is 8.17. The normalized spacial score (nSPS) is 19.0. The molecular formula is C22H31N5O2. The van der Waals surface area contributed by atoms with E-state index < -0.39 is 0 Å². The first-order valence-electron chi connectivity index (χ1n) is 10.8. The Labute approximate surface area is 171 Å². The van der Waals surface area contributed by atoms with Gasteiger partial charge in [-0.1, -0.05) is 30.5 Å². The number of nitrogens with zero attached hydrogens (tertiary/aromatic N) is 4. The van der Waals surface area contributed by atoms with Crippen molar-refractivity contribution < 1.29 is 4.79 Å². The van der Waals surface area contributed by atoms with Gasteiger partial charge >= 0.3 is 5.69 Å². The predicted octanol–water partition coefficient (Wildman–Crippen LogP) is 2.82. The lowest BCUT2D eigenvalue weighted by Gasteiger charge is -2.31. The number of amides is 1. The van der Waals surface area contributed by atoms with Gasteiger partial charge in [-0.3, -0.25) is 14.3 Å². The maximum absolute atomic E-state index is 12.6. The molecule has 0 radical (unpaired) electrons. The molecule has 0 spiro atoms. The molecule has 4 rings (SSSR count). The van der Waals surface area contributed by atoms with Crippen LogP contribution in [0.3, 0.4) is 0 Å². The molecule has 1 amide bonds. The number of piperidine rings is 1. The summed E-state index contributed by atoms with van der Waals surface area (Å²) in [6.45, 7) is 4.13. The summed E-state index contributed by atoms with van der Waals surface area (Å²) >= 11 is 0. The summed E-state index contributed by atoms with van der Waals surface area (Å²) in [5, 5.41) is 7.57. The number of carbonyl (C=O) groups excluding carboxylic acids is 1. The van der Waals surface area contributed by atoms with Gasteiger partial charge in [-0.25, -0.2) is 9.48 Å². The summed E-state index contributed by atoms with van der Waals surface area (Å²) in [5.74, 6) is 1.27. The van der Waals surface area contributed by atoms with Crippen molar-refractivity contribution in [1.29, 1.82) is 0 Å². The molecule has 1 aromatic heterocycles. The van der Waals surface area contributed by atoms with Crippen molar-refractivity contribution in [3.8, 4) is 0 Å². The summed E-state index contributed by atoms with van der Waals surface area (Å²) in [6.07, 6.45) is 6.41. The Morgan fingerprint density at radius 2 is 1.76 bits per heavy atom. The number of rotatable bonds is 5. The lowest BCUT2D eigenvalue weighted by atomic mass is 9.95. The molecule has 7 heteroatoms. The van der Waals surface area contributed by atoms with Crippen molar-refractivity contribution in [2.75, 3.05) is 25.0 Å². The monoisotopic (exact) mass is 397 g/mol. The molecule has 2 aromatic rings. The van der Waals surface area contributed by atoms with E-state index in [-0.39, 0.29) is 11.6 Å². The number of nitrogens with one attached hydrogen (secondary N) is 1. The molecular weight excluding hydrogens is 366 g/mol. The van der Waals surface area contributed by atoms with E-state index in [9.17, 15) is 9.59 Å². The van der Waals surface area contributed by atoms with Crippen molar-refractivity contribution in [3.05, 3.63) is 46.1 Å². The lowest BCUT2D eigenvalue weighted by Crippen LogP contribution is -2.39. The fourth-order valence-electron chi connectivity index (χ4n) is 4.67. The highest BCUT2D eigenvalue weighted by Gasteiger charge is 2.30. The quantitative estimate of drug-likeness (QED) is 0.842. The average molecular weight is 398 g/mol. The van der Waals surface area contributed by atoms with Crippen LogP contribution in [0.2, 0.25) is 0 Å². The van der Waals surface area contributed by atoms with Gasteiger partial charge in [0.25, 0.3) is 0 Å². The Morgan fingerprint density at radius 1 is 1.10 bits per heavy atom. The molecule has 156 valence electrons. The van der Waals surface area contributed by atoms with Gasteiger partial charge in [-0.15, -0.1) is 0 Å². The number of carbonyl (C=O) groups is 1. The lowest BCUT2D eigenvalue weighted by molar-refractivity contribution is -0.117. The Morgan fingerprint density at radius 3 is 2.41 bits per heavy atom. The molecule has 1 saturated heterocycles. The standard InChI is InChI=1S/C22H31N5O2/c1-16-7-9-18(10-8-16)23-20(28)15-26-13-11-17(12-14-26)21-24-25(2)22(29)27(21)19-5-3-4-6-19/h7-10,17,19H,3-6,11-15H2,1-2H3,(H,23,28). The SMILES string of the molecule is Cc1ccc(NC(=O)CN2CCC(c3nn(C)c(=O)n3C3CCCC3)CC2)cc1. The smallest absolute Gasteiger partial charge is 0.325 e. The molecule has 0 atom stereocenters. The molecule has 29 heavy (non-hydrogen) atoms. The zero-order valence-corrected chi connectivity index (χ0v) is 17.4. The van der Waals surface area contributed by atoms with E-state index in [1.165, 1.54) is 23.1 Å². The number of hydrogen-bond donors (Lipinski definition) is 1. The fraction of sp³-hybridized carbons (Fsp3) is 0.591. The zero-order valence-electron chi connectivity index (χ0n) is 17.4. The van der Waals surface area contributed by atoms with Crippen molar-refractivity contribution in [2.45, 2.75) is 57.4 Å². The van der Waals surface area contributed by atoms with E-state index >= 15 is 0 Å². The molecule has 1 N–H and O–H groups in total. The Balaban J connectivity index is 1.35. The van der Waals surface area contributed by atoms with E-state index in [4.69, 9.17) is 0 Å². The molecule has 2 heterocycles. The molecule has 1 saturated carbocycles. The average Bonchev–Trinajstić information content (AvgIpc) is 3.33. The van der Waals surface area contributed by atoms with Crippen LogP contribution in [0, 0.1) is 6.92 Å². The second-order valence-electron chi connectivity index (χ2n) is 8.54. The van der Waals surface area contributed by atoms with Crippen LogP contribution in [-0.4, -0.2) is 44.8 Å². The van der Waals surface area contributed by atoms with Crippen LogP contribution in [0.5, 0.6) is 0 Å². The van der Waals surface area contributed by atoms with E-state index in [0.29, 0.717) is 18.5 Å². The van der Waals surface area contributed by atoms with Gasteiger partial charge in [0.15, 0.2) is 0 Å². The van der Waals surface area contributed by atoms with E-state index in [1.54, 1.807) is 7.05 Å². The topological polar surface area (TPSA) is 72.2 Å². The summed E-state index contributed by atoms with van der Waals surface area (Å²) in [5.41, 5.74) is 2.03. The molecule has 1 aliphatic carbocycles. The largest absolute Gasteiger partial charge is 0.345 e. The number of aryl methyl sites for hydroxylation is 2. The van der Waals surface area contributed by atoms with Gasteiger partial charge in [0.1, 0.15) is 5.82 Å². The van der Waals surface area contributed by atoms with Gasteiger partial charge in [0.05, 0.1) is 6.54 Å². The maximum atomic E-state index is 12.6. The molecule has 0 bridgehead atoms. The molecule has 0 unspecified atom stereocenters. The van der Waals surface area contributed by atoms with E-state index in [0.717, 1.165) is 50.3 Å². The molecule has 1 aromatic carbocycles. The van der Waals surface area contributed by atoms with E-state index in [2.05, 4.69) is 15.3 Å². The number of anilines is 1. The second kappa shape index (κ2) is 8.53. The van der Waals surface area contributed by atoms with Crippen molar-refractivity contribution in [1.82, 2.24) is 19.2 Å². The Hall–Kier alpha value is -2.41. The van der Waals surface area contributed by atoms with Crippen LogP contribution < -0.4 is 11.0 Å². The van der Waals surface area contributed by atoms with Gasteiger partial charge < -0.3 is 5.32 Å². The molecule has 1 aliphatic heterocycles. The number of aromatic nitrogens is 3. The van der Waals surface area contributed by atoms with Crippen LogP contribution >= 0.6 is 0 Å². The highest BCUT2D eigenvalue weighted by molar-refractivity contribution is 5.92. The second-order valence-corrected chi connectivity index (χ2v) is 8.54. The van der Waals surface area contributed by atoms with Crippen LogP contribution in [-0.2, 0) is 11.8 Å². The fourth-order valence-corrected chi connectivity index (χ4v) is 4.67. The summed E-state index contributed by atoms with van der Waals surface area (Å²) in [7, 11) is 1.75. The zero-order chi connectivity index (χ0) is 20.4. The number of hydrogen-bond acceptors (Lipinski definition) is 4. The molecule has 2 fully saturated rings. The minimum absolute atomic E-state index is 0.0202. The molecule has 2 aliphatic rings. The number of likely N-dealkylation sites (tertiary alicyclic amines) is 1. The Kier molecular flexibility index (Phi) is 5.85. The predicted molar refractivity (Wildman–Crippen MR) is 113 cm³/mol. The van der Waals surface area contributed by atoms with Crippen molar-refractivity contribution >= 4 is 11.6 Å². The minimum atomic E-state index is 0.0202. The minimum Gasteiger partial charge on any atom is -0.325 e. The van der Waals surface area contributed by atoms with Gasteiger partial charge in [0.2, 0.25) is 5.91 Å². The van der Waals surface area contributed by atoms with E-state index in [1.807, 2.05) is 35.8 Å². The van der Waals surface area contributed by atoms with Crippen LogP contribution in [0.1, 0.15) is 61.9 Å². The third kappa shape index (κ3) is 4.45. The van der Waals surface area contributed by atoms with Crippen molar-refractivity contribution in [2.24, 2.45) is 7.05 Å². The third-order valence-electron chi connectivity index (χ3n) is 6.33. The van der Waals surface area contributed by atoms with Crippen LogP contribution in [0.15, 0.2) is 29.1 Å². The first-order valence-corrected chi connectivity index (χ1v) is 10.8. The van der Waals surface area contributed by atoms with Gasteiger partial charge in [-0.2, -0.15) is 5.10 Å². The van der Waals surface area contributed by atoms with Crippen LogP contribution in [0.4, 0.5) is 5.69 Å². The number of benzene rings is 1. The molecule has 7 nitrogen and oxygen atoms in total. The first-order chi connectivity index (χ1) is 14.0. The first kappa shape index (κ1) is 19.9. The highest BCUT2D eigenvalue weighted by atomic mass is 16.2. The summed E-state index contributed by atoms with van der Waals surface area (Å²) < 4.78 is 3.46. The van der Waals surface area contributed by atoms with Gasteiger partial charge in [0, 0.05) is 24.7 Å². The Bertz CT molecular complexity index is 900. The maximum Gasteiger partial charge on any atom is 0.345 e. The van der Waals surface area contributed by atoms with Crippen molar-refractivity contribution in [3.63, 3.8) is 0 Å². The van der Waals surface area contributed by atoms with Crippen LogP contribution in [0.25, 0.3) is 0 Å². The summed E-state index contributed by atoms with van der Waals surface area (Å²) in [4.78, 5) is 27.2.